The van der Waals surface area contributed by atoms with Crippen LogP contribution in [-0.4, -0.2) is 37.7 Å². The summed E-state index contributed by atoms with van der Waals surface area (Å²) in [5, 5.41) is 3.51. The van der Waals surface area contributed by atoms with E-state index in [4.69, 9.17) is 4.74 Å². The third-order valence-corrected chi connectivity index (χ3v) is 8.84. The van der Waals surface area contributed by atoms with Gasteiger partial charge in [-0.1, -0.05) is 12.1 Å². The number of hydrogen-bond donors (Lipinski definition) is 0. The first kappa shape index (κ1) is 20.7. The number of nitrogens with zero attached hydrogens (tertiary/aromatic N) is 2. The molecule has 1 saturated heterocycles. The molecular weight excluding hydrogens is 444 g/mol. The zero-order valence-electron chi connectivity index (χ0n) is 15.9. The van der Waals surface area contributed by atoms with E-state index in [0.717, 1.165) is 25.4 Å². The Kier molecular flexibility index (Phi) is 5.74. The van der Waals surface area contributed by atoms with Crippen molar-refractivity contribution < 1.29 is 22.7 Å². The quantitative estimate of drug-likeness (QED) is 0.503. The van der Waals surface area contributed by atoms with Crippen LogP contribution in [0.25, 0.3) is 0 Å². The van der Waals surface area contributed by atoms with Gasteiger partial charge in [-0.05, 0) is 47.2 Å². The molecule has 2 aromatic heterocycles. The lowest BCUT2D eigenvalue weighted by molar-refractivity contribution is -0.122. The van der Waals surface area contributed by atoms with Gasteiger partial charge in [-0.3, -0.25) is 9.59 Å². The normalized spacial score (nSPS) is 17.1. The molecule has 156 valence electrons. The summed E-state index contributed by atoms with van der Waals surface area (Å²) in [6.07, 6.45) is -0.207. The van der Waals surface area contributed by atoms with Crippen molar-refractivity contribution in [3.63, 3.8) is 0 Å². The second-order valence-electron chi connectivity index (χ2n) is 6.55. The summed E-state index contributed by atoms with van der Waals surface area (Å²) in [4.78, 5) is 27.8. The van der Waals surface area contributed by atoms with Gasteiger partial charge in [0.05, 0.1) is 19.2 Å². The summed E-state index contributed by atoms with van der Waals surface area (Å²) in [5.41, 5.74) is 0.387. The molecule has 2 amide bonds. The first-order valence-corrected chi connectivity index (χ1v) is 12.2. The standard InChI is InChI=1S/C20H18N2O5S3/c1-27-15-8-6-14(7-9-15)22-18(23)12-17(20(22)24)21(13-16-4-2-10-28-16)30(25,26)19-5-3-11-29-19/h2-11,17H,12-13H2,1H3. The molecule has 4 rings (SSSR count). The maximum absolute atomic E-state index is 13.3. The summed E-state index contributed by atoms with van der Waals surface area (Å²) in [7, 11) is -2.43. The molecule has 0 radical (unpaired) electrons. The number of amides is 2. The minimum absolute atomic E-state index is 0.0258. The average molecular weight is 463 g/mol. The number of hydrogen-bond acceptors (Lipinski definition) is 7. The van der Waals surface area contributed by atoms with Crippen molar-refractivity contribution in [3.8, 4) is 5.75 Å². The monoisotopic (exact) mass is 462 g/mol. The van der Waals surface area contributed by atoms with Gasteiger partial charge in [0.1, 0.15) is 16.0 Å². The van der Waals surface area contributed by atoms with Gasteiger partial charge in [0.25, 0.3) is 15.9 Å². The van der Waals surface area contributed by atoms with Crippen LogP contribution < -0.4 is 9.64 Å². The Morgan fingerprint density at radius 3 is 2.37 bits per heavy atom. The van der Waals surface area contributed by atoms with Gasteiger partial charge in [0, 0.05) is 11.4 Å². The SMILES string of the molecule is COc1ccc(N2C(=O)CC(N(Cc3cccs3)S(=O)(=O)c3cccs3)C2=O)cc1. The van der Waals surface area contributed by atoms with E-state index in [1.165, 1.54) is 24.5 Å². The number of ether oxygens (including phenoxy) is 1. The first-order chi connectivity index (χ1) is 14.4. The molecule has 30 heavy (non-hydrogen) atoms. The van der Waals surface area contributed by atoms with Crippen LogP contribution in [0.2, 0.25) is 0 Å². The zero-order valence-corrected chi connectivity index (χ0v) is 18.4. The summed E-state index contributed by atoms with van der Waals surface area (Å²) in [5.74, 6) is -0.399. The van der Waals surface area contributed by atoms with Crippen molar-refractivity contribution in [1.82, 2.24) is 4.31 Å². The second-order valence-corrected chi connectivity index (χ2v) is 10.6. The van der Waals surface area contributed by atoms with Crippen LogP contribution in [0.3, 0.4) is 0 Å². The van der Waals surface area contributed by atoms with Crippen molar-refractivity contribution in [3.05, 3.63) is 64.2 Å². The van der Waals surface area contributed by atoms with Crippen LogP contribution in [0, 0.1) is 0 Å². The minimum Gasteiger partial charge on any atom is -0.497 e. The lowest BCUT2D eigenvalue weighted by Crippen LogP contribution is -2.44. The maximum atomic E-state index is 13.3. The van der Waals surface area contributed by atoms with Crippen molar-refractivity contribution >= 4 is 50.2 Å². The summed E-state index contributed by atoms with van der Waals surface area (Å²) in [6, 6.07) is 12.2. The van der Waals surface area contributed by atoms with Crippen LogP contribution >= 0.6 is 22.7 Å². The van der Waals surface area contributed by atoms with Crippen molar-refractivity contribution in [2.45, 2.75) is 23.2 Å². The number of thiophene rings is 2. The van der Waals surface area contributed by atoms with E-state index in [2.05, 4.69) is 0 Å². The zero-order chi connectivity index (χ0) is 21.3. The molecule has 0 spiro atoms. The third-order valence-electron chi connectivity index (χ3n) is 4.75. The average Bonchev–Trinajstić information content (AvgIpc) is 3.49. The highest BCUT2D eigenvalue weighted by atomic mass is 32.2. The smallest absolute Gasteiger partial charge is 0.253 e. The van der Waals surface area contributed by atoms with Gasteiger partial charge < -0.3 is 4.74 Å². The number of imide groups is 1. The van der Waals surface area contributed by atoms with Gasteiger partial charge >= 0.3 is 0 Å². The molecule has 3 heterocycles. The van der Waals surface area contributed by atoms with E-state index < -0.39 is 27.9 Å². The first-order valence-electron chi connectivity index (χ1n) is 9.00. The summed E-state index contributed by atoms with van der Waals surface area (Å²) < 4.78 is 33.1. The highest BCUT2D eigenvalue weighted by Gasteiger charge is 2.47. The fourth-order valence-electron chi connectivity index (χ4n) is 3.29. The highest BCUT2D eigenvalue weighted by Crippen LogP contribution is 2.33. The van der Waals surface area contributed by atoms with Crippen molar-refractivity contribution in [2.75, 3.05) is 12.0 Å². The molecule has 1 unspecified atom stereocenters. The Morgan fingerprint density at radius 2 is 1.77 bits per heavy atom. The number of sulfonamides is 1. The molecule has 1 atom stereocenters. The van der Waals surface area contributed by atoms with Crippen molar-refractivity contribution in [1.29, 1.82) is 0 Å². The summed E-state index contributed by atoms with van der Waals surface area (Å²) >= 11 is 2.48. The van der Waals surface area contributed by atoms with Gasteiger partial charge in [0.15, 0.2) is 0 Å². The van der Waals surface area contributed by atoms with Crippen molar-refractivity contribution in [2.24, 2.45) is 0 Å². The van der Waals surface area contributed by atoms with Crippen LogP contribution in [-0.2, 0) is 26.2 Å². The van der Waals surface area contributed by atoms with Gasteiger partial charge in [-0.2, -0.15) is 4.31 Å². The molecule has 10 heteroatoms. The maximum Gasteiger partial charge on any atom is 0.253 e. The molecule has 1 aliphatic heterocycles. The van der Waals surface area contributed by atoms with E-state index in [1.54, 1.807) is 35.7 Å². The number of benzene rings is 1. The number of carbonyl (C=O) groups excluding carboxylic acids is 2. The molecule has 0 bridgehead atoms. The van der Waals surface area contributed by atoms with E-state index in [1.807, 2.05) is 17.5 Å². The fraction of sp³-hybridized carbons (Fsp3) is 0.200. The Balaban J connectivity index is 1.70. The Hall–Kier alpha value is -2.53. The molecule has 7 nitrogen and oxygen atoms in total. The highest BCUT2D eigenvalue weighted by molar-refractivity contribution is 7.91. The van der Waals surface area contributed by atoms with Gasteiger partial charge in [-0.15, -0.1) is 22.7 Å². The Morgan fingerprint density at radius 1 is 1.07 bits per heavy atom. The number of methoxy groups -OCH3 is 1. The number of carbonyl (C=O) groups is 2. The predicted molar refractivity (Wildman–Crippen MR) is 115 cm³/mol. The topological polar surface area (TPSA) is 84.0 Å². The number of rotatable bonds is 7. The molecule has 0 aliphatic carbocycles. The molecular formula is C20H18N2O5S3. The van der Waals surface area contributed by atoms with E-state index in [-0.39, 0.29) is 17.2 Å². The Bertz CT molecular complexity index is 1140. The summed E-state index contributed by atoms with van der Waals surface area (Å²) in [6.45, 7) is 0.0258. The predicted octanol–water partition coefficient (Wildman–Crippen LogP) is 3.34. The number of anilines is 1. The molecule has 1 aliphatic rings. The lowest BCUT2D eigenvalue weighted by atomic mass is 10.2. The van der Waals surface area contributed by atoms with Crippen LogP contribution in [0.4, 0.5) is 5.69 Å². The lowest BCUT2D eigenvalue weighted by Gasteiger charge is -2.25. The molecule has 1 aromatic carbocycles. The van der Waals surface area contributed by atoms with Crippen LogP contribution in [0.15, 0.2) is 63.5 Å². The minimum atomic E-state index is -3.95. The van der Waals surface area contributed by atoms with Crippen LogP contribution in [0.1, 0.15) is 11.3 Å². The molecule has 0 saturated carbocycles. The fourth-order valence-corrected chi connectivity index (χ4v) is 6.75. The van der Waals surface area contributed by atoms with E-state index in [9.17, 15) is 18.0 Å². The largest absolute Gasteiger partial charge is 0.497 e. The van der Waals surface area contributed by atoms with E-state index >= 15 is 0 Å². The van der Waals surface area contributed by atoms with Gasteiger partial charge in [-0.25, -0.2) is 13.3 Å². The van der Waals surface area contributed by atoms with E-state index in [0.29, 0.717) is 11.4 Å². The second kappa shape index (κ2) is 8.31. The van der Waals surface area contributed by atoms with Crippen LogP contribution in [0.5, 0.6) is 5.75 Å². The molecule has 1 fully saturated rings. The van der Waals surface area contributed by atoms with Gasteiger partial charge in [0.2, 0.25) is 5.91 Å². The molecule has 0 N–H and O–H groups in total. The Labute approximate surface area is 182 Å². The third kappa shape index (κ3) is 3.79. The molecule has 3 aromatic rings.